The molecule has 7 nitrogen and oxygen atoms in total. The first-order valence-corrected chi connectivity index (χ1v) is 16.5. The van der Waals surface area contributed by atoms with Gasteiger partial charge in [-0.2, -0.15) is 0 Å². The molecule has 0 radical (unpaired) electrons. The number of likely N-dealkylation sites (tertiary alicyclic amines) is 1. The largest absolute Gasteiger partial charge is 0.325 e. The summed E-state index contributed by atoms with van der Waals surface area (Å²) in [4.78, 5) is 27.4. The third-order valence-corrected chi connectivity index (χ3v) is 11.2. The quantitative estimate of drug-likeness (QED) is 0.255. The van der Waals surface area contributed by atoms with Gasteiger partial charge in [0.1, 0.15) is 5.82 Å². The molecule has 3 aliphatic rings. The number of rotatable bonds is 8. The molecular weight excluding hydrogens is 540 g/mol. The molecule has 3 aliphatic heterocycles. The first kappa shape index (κ1) is 27.7. The maximum absolute atomic E-state index is 11.4. The number of carbonyl (C=O) groups is 1. The van der Waals surface area contributed by atoms with Crippen LogP contribution in [0.4, 0.5) is 5.13 Å². The minimum absolute atomic E-state index is 0.0653. The van der Waals surface area contributed by atoms with Gasteiger partial charge in [-0.05, 0) is 94.6 Å². The van der Waals surface area contributed by atoms with E-state index in [0.29, 0.717) is 23.3 Å². The van der Waals surface area contributed by atoms with Crippen molar-refractivity contribution in [3.05, 3.63) is 77.1 Å². The van der Waals surface area contributed by atoms with Crippen LogP contribution in [0.1, 0.15) is 74.2 Å². The molecule has 2 aromatic heterocycles. The van der Waals surface area contributed by atoms with Gasteiger partial charge in [-0.25, -0.2) is 9.97 Å². The summed E-state index contributed by atoms with van der Waals surface area (Å²) in [5.74, 6) is 1.10. The van der Waals surface area contributed by atoms with Gasteiger partial charge in [0.15, 0.2) is 5.13 Å². The number of hydrogen-bond donors (Lipinski definition) is 1. The zero-order chi connectivity index (χ0) is 28.7. The minimum Gasteiger partial charge on any atom is -0.325 e. The number of para-hydroxylation sites is 2. The first-order valence-electron chi connectivity index (χ1n) is 15.7. The Bertz CT molecular complexity index is 1520. The molecule has 8 heteroatoms. The number of anilines is 1. The molecule has 1 N–H and O–H groups in total. The number of benzene rings is 2. The van der Waals surface area contributed by atoms with E-state index >= 15 is 0 Å². The summed E-state index contributed by atoms with van der Waals surface area (Å²) in [6.45, 7) is 7.98. The summed E-state index contributed by atoms with van der Waals surface area (Å²) >= 11 is 1.59. The van der Waals surface area contributed by atoms with E-state index in [1.165, 1.54) is 74.4 Å². The van der Waals surface area contributed by atoms with Crippen LogP contribution in [0.15, 0.2) is 60.8 Å². The van der Waals surface area contributed by atoms with E-state index < -0.39 is 0 Å². The van der Waals surface area contributed by atoms with E-state index in [0.717, 1.165) is 31.0 Å². The molecule has 2 aromatic carbocycles. The fraction of sp³-hybridized carbons (Fsp3) is 0.500. The molecule has 3 saturated heterocycles. The number of imidazole rings is 1. The average Bonchev–Trinajstić information content (AvgIpc) is 3.64. The van der Waals surface area contributed by atoms with Crippen molar-refractivity contribution in [1.29, 1.82) is 0 Å². The number of nitrogens with one attached hydrogen (secondary N) is 1. The number of aryl methyl sites for hydroxylation is 1. The second kappa shape index (κ2) is 11.5. The smallest absolute Gasteiger partial charge is 0.223 e. The topological polar surface area (TPSA) is 66.3 Å². The van der Waals surface area contributed by atoms with E-state index in [9.17, 15) is 4.79 Å². The van der Waals surface area contributed by atoms with Gasteiger partial charge in [-0.15, -0.1) is 11.3 Å². The predicted octanol–water partition coefficient (Wildman–Crippen LogP) is 6.55. The molecule has 7 rings (SSSR count). The number of hydrogen-bond acceptors (Lipinski definition) is 6. The molecule has 3 fully saturated rings. The van der Waals surface area contributed by atoms with Gasteiger partial charge >= 0.3 is 0 Å². The van der Waals surface area contributed by atoms with Crippen LogP contribution in [0, 0.1) is 6.92 Å². The number of piperidine rings is 2. The van der Waals surface area contributed by atoms with Crippen LogP contribution >= 0.6 is 11.3 Å². The van der Waals surface area contributed by atoms with Crippen molar-refractivity contribution in [3.63, 3.8) is 0 Å². The molecule has 2 bridgehead atoms. The molecule has 1 unspecified atom stereocenters. The number of fused-ring (bicyclic) bond motifs is 3. The lowest BCUT2D eigenvalue weighted by Gasteiger charge is -2.45. The van der Waals surface area contributed by atoms with Crippen molar-refractivity contribution in [3.8, 4) is 0 Å². The summed E-state index contributed by atoms with van der Waals surface area (Å²) in [6.07, 6.45) is 10.6. The van der Waals surface area contributed by atoms with Crippen molar-refractivity contribution in [2.75, 3.05) is 25.0 Å². The van der Waals surface area contributed by atoms with E-state index in [1.54, 1.807) is 11.3 Å². The summed E-state index contributed by atoms with van der Waals surface area (Å²) in [7, 11) is 0. The normalized spacial score (nSPS) is 24.3. The number of amides is 1. The Morgan fingerprint density at radius 3 is 2.45 bits per heavy atom. The number of nitrogens with zero attached hydrogens (tertiary/aromatic N) is 5. The van der Waals surface area contributed by atoms with Gasteiger partial charge in [0.05, 0.1) is 11.0 Å². The highest BCUT2D eigenvalue weighted by atomic mass is 32.1. The van der Waals surface area contributed by atoms with Crippen molar-refractivity contribution in [2.24, 2.45) is 0 Å². The molecule has 0 aliphatic carbocycles. The molecule has 3 atom stereocenters. The Morgan fingerprint density at radius 2 is 1.71 bits per heavy atom. The zero-order valence-electron chi connectivity index (χ0n) is 24.8. The third kappa shape index (κ3) is 5.40. The third-order valence-electron chi connectivity index (χ3n) is 10.3. The van der Waals surface area contributed by atoms with Crippen LogP contribution in [0.2, 0.25) is 0 Å². The van der Waals surface area contributed by atoms with Crippen LogP contribution < -0.4 is 5.32 Å². The highest BCUT2D eigenvalue weighted by Gasteiger charge is 2.44. The standard InChI is InChI=1S/C34H42N6OS/c1-24-36-31-10-6-7-11-32(31)40(24)29-20-27-12-13-28(21-29)39(27)19-16-34(26-8-4-3-5-9-26)14-17-38(18-15-34)23-30-22-35-33(42-30)37-25(2)41/h3-11,22,27-29H,12-21,23H2,1-2H3,(H,35,37,41)/t27-,28+,29?. The number of carbonyl (C=O) groups excluding carboxylic acids is 1. The Balaban J connectivity index is 1.03. The summed E-state index contributed by atoms with van der Waals surface area (Å²) in [6, 6.07) is 21.9. The van der Waals surface area contributed by atoms with E-state index in [4.69, 9.17) is 4.98 Å². The van der Waals surface area contributed by atoms with Gasteiger partial charge in [-0.1, -0.05) is 42.5 Å². The molecule has 1 amide bonds. The van der Waals surface area contributed by atoms with Crippen molar-refractivity contribution >= 4 is 33.4 Å². The summed E-state index contributed by atoms with van der Waals surface area (Å²) in [5.41, 5.74) is 4.16. The van der Waals surface area contributed by atoms with Gasteiger partial charge in [0.2, 0.25) is 5.91 Å². The van der Waals surface area contributed by atoms with Gasteiger partial charge in [-0.3, -0.25) is 14.6 Å². The molecule has 0 spiro atoms. The summed E-state index contributed by atoms with van der Waals surface area (Å²) in [5, 5.41) is 3.52. The average molecular weight is 583 g/mol. The van der Waals surface area contributed by atoms with Crippen LogP contribution in [0.5, 0.6) is 0 Å². The Kier molecular flexibility index (Phi) is 7.63. The van der Waals surface area contributed by atoms with Crippen LogP contribution in [-0.2, 0) is 16.8 Å². The van der Waals surface area contributed by atoms with Crippen LogP contribution in [-0.4, -0.2) is 62.0 Å². The SMILES string of the molecule is CC(=O)Nc1ncc(CN2CCC(CCN3[C@@H]4CC[C@H]3CC(n3c(C)nc5ccccc53)C4)(c3ccccc3)CC2)s1. The maximum atomic E-state index is 11.4. The van der Waals surface area contributed by atoms with Crippen molar-refractivity contribution < 1.29 is 4.79 Å². The van der Waals surface area contributed by atoms with Crippen molar-refractivity contribution in [1.82, 2.24) is 24.3 Å². The zero-order valence-corrected chi connectivity index (χ0v) is 25.7. The molecule has 220 valence electrons. The minimum atomic E-state index is -0.0653. The number of thiazole rings is 1. The molecule has 5 heterocycles. The van der Waals surface area contributed by atoms with Gasteiger partial charge < -0.3 is 9.88 Å². The lowest BCUT2D eigenvalue weighted by Crippen LogP contribution is -2.48. The molecular formula is C34H42N6OS. The first-order chi connectivity index (χ1) is 20.5. The number of aromatic nitrogens is 3. The van der Waals surface area contributed by atoms with Crippen molar-refractivity contribution in [2.45, 2.75) is 88.9 Å². The Morgan fingerprint density at radius 1 is 1.00 bits per heavy atom. The predicted molar refractivity (Wildman–Crippen MR) is 170 cm³/mol. The van der Waals surface area contributed by atoms with E-state index in [-0.39, 0.29) is 11.3 Å². The monoisotopic (exact) mass is 582 g/mol. The van der Waals surface area contributed by atoms with Gasteiger partial charge in [0.25, 0.3) is 0 Å². The highest BCUT2D eigenvalue weighted by molar-refractivity contribution is 7.15. The highest BCUT2D eigenvalue weighted by Crippen LogP contribution is 2.45. The van der Waals surface area contributed by atoms with E-state index in [2.05, 4.69) is 86.2 Å². The lowest BCUT2D eigenvalue weighted by atomic mass is 9.70. The maximum Gasteiger partial charge on any atom is 0.223 e. The van der Waals surface area contributed by atoms with Crippen LogP contribution in [0.25, 0.3) is 11.0 Å². The summed E-state index contributed by atoms with van der Waals surface area (Å²) < 4.78 is 2.54. The Hall–Kier alpha value is -3.07. The fourth-order valence-electron chi connectivity index (χ4n) is 8.21. The molecule has 0 saturated carbocycles. The fourth-order valence-corrected chi connectivity index (χ4v) is 9.11. The second-order valence-corrected chi connectivity index (χ2v) is 13.9. The van der Waals surface area contributed by atoms with Gasteiger partial charge in [0, 0.05) is 42.7 Å². The Labute approximate surface area is 253 Å². The molecule has 42 heavy (non-hydrogen) atoms. The van der Waals surface area contributed by atoms with Crippen LogP contribution in [0.3, 0.4) is 0 Å². The second-order valence-electron chi connectivity index (χ2n) is 12.8. The van der Waals surface area contributed by atoms with E-state index in [1.807, 2.05) is 6.20 Å². The molecule has 4 aromatic rings. The lowest BCUT2D eigenvalue weighted by molar-refractivity contribution is -0.114.